The second-order valence-electron chi connectivity index (χ2n) is 8.68. The maximum atomic E-state index is 15.3. The third-order valence-electron chi connectivity index (χ3n) is 6.30. The average Bonchev–Trinajstić information content (AvgIpc) is 3.37. The molecule has 37 heavy (non-hydrogen) atoms. The van der Waals surface area contributed by atoms with Crippen LogP contribution in [0, 0.1) is 17.1 Å². The Morgan fingerprint density at radius 3 is 2.86 bits per heavy atom. The SMILES string of the molecule is CCOc1c(C(C)Nc2ncnc3c2ncn3C2CCCCO2)cc(Cl)c(F)c1-c1ccc(C#N)nc1. The van der Waals surface area contributed by atoms with E-state index in [0.717, 1.165) is 19.3 Å². The van der Waals surface area contributed by atoms with Crippen molar-refractivity contribution in [2.24, 2.45) is 0 Å². The number of nitrogens with zero attached hydrogens (tertiary/aromatic N) is 6. The number of imidazole rings is 1. The number of anilines is 1. The van der Waals surface area contributed by atoms with Gasteiger partial charge in [0.05, 0.1) is 29.6 Å². The van der Waals surface area contributed by atoms with E-state index in [1.165, 1.54) is 18.6 Å². The van der Waals surface area contributed by atoms with Crippen molar-refractivity contribution in [3.8, 4) is 22.9 Å². The monoisotopic (exact) mass is 521 g/mol. The lowest BCUT2D eigenvalue weighted by Crippen LogP contribution is -2.17. The van der Waals surface area contributed by atoms with Crippen molar-refractivity contribution in [3.05, 3.63) is 59.1 Å². The average molecular weight is 522 g/mol. The van der Waals surface area contributed by atoms with Gasteiger partial charge in [-0.25, -0.2) is 24.3 Å². The van der Waals surface area contributed by atoms with Crippen molar-refractivity contribution in [1.29, 1.82) is 5.26 Å². The van der Waals surface area contributed by atoms with Crippen molar-refractivity contribution < 1.29 is 13.9 Å². The van der Waals surface area contributed by atoms with Gasteiger partial charge in [0.15, 0.2) is 22.8 Å². The molecule has 9 nitrogen and oxygen atoms in total. The number of rotatable bonds is 7. The van der Waals surface area contributed by atoms with Gasteiger partial charge in [0.2, 0.25) is 0 Å². The van der Waals surface area contributed by atoms with E-state index in [2.05, 4.69) is 25.3 Å². The summed E-state index contributed by atoms with van der Waals surface area (Å²) in [7, 11) is 0. The Hall–Kier alpha value is -3.81. The molecule has 5 rings (SSSR count). The molecule has 0 aliphatic carbocycles. The molecule has 2 atom stereocenters. The van der Waals surface area contributed by atoms with Gasteiger partial charge in [-0.2, -0.15) is 5.26 Å². The predicted octanol–water partition coefficient (Wildman–Crippen LogP) is 5.82. The first-order chi connectivity index (χ1) is 18.0. The Labute approximate surface area is 218 Å². The fourth-order valence-corrected chi connectivity index (χ4v) is 4.72. The zero-order chi connectivity index (χ0) is 25.9. The van der Waals surface area contributed by atoms with Crippen molar-refractivity contribution >= 4 is 28.6 Å². The lowest BCUT2D eigenvalue weighted by atomic mass is 9.98. The third kappa shape index (κ3) is 4.80. The van der Waals surface area contributed by atoms with E-state index in [0.29, 0.717) is 47.1 Å². The van der Waals surface area contributed by atoms with Gasteiger partial charge < -0.3 is 14.8 Å². The minimum absolute atomic E-state index is 0.0574. The Morgan fingerprint density at radius 1 is 1.30 bits per heavy atom. The van der Waals surface area contributed by atoms with Crippen LogP contribution in [0.2, 0.25) is 5.02 Å². The van der Waals surface area contributed by atoms with Gasteiger partial charge in [-0.05, 0) is 51.3 Å². The minimum atomic E-state index is -0.622. The predicted molar refractivity (Wildman–Crippen MR) is 137 cm³/mol. The summed E-state index contributed by atoms with van der Waals surface area (Å²) in [5.74, 6) is 0.238. The number of fused-ring (bicyclic) bond motifs is 1. The molecular formula is C26H25ClFN7O2. The molecule has 1 saturated heterocycles. The number of aromatic nitrogens is 5. The Morgan fingerprint density at radius 2 is 2.16 bits per heavy atom. The van der Waals surface area contributed by atoms with Gasteiger partial charge >= 0.3 is 0 Å². The molecule has 2 unspecified atom stereocenters. The van der Waals surface area contributed by atoms with Crippen LogP contribution in [0.1, 0.15) is 56.6 Å². The van der Waals surface area contributed by atoms with E-state index in [9.17, 15) is 0 Å². The molecule has 1 aromatic carbocycles. The van der Waals surface area contributed by atoms with Crippen molar-refractivity contribution in [2.45, 2.75) is 45.4 Å². The van der Waals surface area contributed by atoms with Crippen molar-refractivity contribution in [3.63, 3.8) is 0 Å². The van der Waals surface area contributed by atoms with Crippen LogP contribution in [-0.4, -0.2) is 37.7 Å². The maximum absolute atomic E-state index is 15.3. The molecular weight excluding hydrogens is 497 g/mol. The Balaban J connectivity index is 1.53. The van der Waals surface area contributed by atoms with Gasteiger partial charge in [0.1, 0.15) is 30.1 Å². The van der Waals surface area contributed by atoms with E-state index in [1.54, 1.807) is 18.5 Å². The standard InChI is InChI=1S/C26H25ClFN7O2/c1-3-36-24-18(10-19(27)22(28)21(24)16-7-8-17(11-29)30-12-16)15(2)34-25-23-26(32-13-31-25)35(14-33-23)20-6-4-5-9-37-20/h7-8,10,12-15,20H,3-6,9H2,1-2H3,(H,31,32,34). The normalized spacial score (nSPS) is 16.4. The quantitative estimate of drug-likeness (QED) is 0.323. The van der Waals surface area contributed by atoms with E-state index in [4.69, 9.17) is 26.3 Å². The van der Waals surface area contributed by atoms with Crippen LogP contribution >= 0.6 is 11.6 Å². The van der Waals surface area contributed by atoms with Crippen LogP contribution in [0.15, 0.2) is 37.1 Å². The molecule has 1 N–H and O–H groups in total. The first-order valence-corrected chi connectivity index (χ1v) is 12.5. The second-order valence-corrected chi connectivity index (χ2v) is 9.08. The number of nitrogens with one attached hydrogen (secondary N) is 1. The van der Waals surface area contributed by atoms with E-state index < -0.39 is 5.82 Å². The first kappa shape index (κ1) is 24.9. The molecule has 0 saturated carbocycles. The molecule has 0 radical (unpaired) electrons. The van der Waals surface area contributed by atoms with Gasteiger partial charge in [-0.1, -0.05) is 11.6 Å². The number of halogens is 2. The number of pyridine rings is 1. The summed E-state index contributed by atoms with van der Waals surface area (Å²) in [5, 5.41) is 12.4. The first-order valence-electron chi connectivity index (χ1n) is 12.1. The molecule has 3 aromatic heterocycles. The molecule has 4 aromatic rings. The summed E-state index contributed by atoms with van der Waals surface area (Å²) in [4.78, 5) is 17.5. The number of benzene rings is 1. The van der Waals surface area contributed by atoms with Gasteiger partial charge in [0.25, 0.3) is 0 Å². The molecule has 190 valence electrons. The fourth-order valence-electron chi connectivity index (χ4n) is 4.51. The molecule has 1 fully saturated rings. The summed E-state index contributed by atoms with van der Waals surface area (Å²) < 4.78 is 29.1. The van der Waals surface area contributed by atoms with Crippen LogP contribution in [0.4, 0.5) is 10.2 Å². The molecule has 1 aliphatic rings. The molecule has 4 heterocycles. The van der Waals surface area contributed by atoms with E-state index >= 15 is 4.39 Å². The van der Waals surface area contributed by atoms with Crippen molar-refractivity contribution in [1.82, 2.24) is 24.5 Å². The zero-order valence-corrected chi connectivity index (χ0v) is 21.2. The Bertz CT molecular complexity index is 1460. The van der Waals surface area contributed by atoms with Gasteiger partial charge in [-0.3, -0.25) is 4.57 Å². The van der Waals surface area contributed by atoms with E-state index in [-0.39, 0.29) is 28.5 Å². The van der Waals surface area contributed by atoms with Crippen LogP contribution in [0.5, 0.6) is 5.75 Å². The highest BCUT2D eigenvalue weighted by Gasteiger charge is 2.25. The second kappa shape index (κ2) is 10.7. The number of hydrogen-bond donors (Lipinski definition) is 1. The smallest absolute Gasteiger partial charge is 0.167 e. The largest absolute Gasteiger partial charge is 0.493 e. The molecule has 0 bridgehead atoms. The lowest BCUT2D eigenvalue weighted by Gasteiger charge is -2.24. The van der Waals surface area contributed by atoms with Gasteiger partial charge in [-0.15, -0.1) is 0 Å². The highest BCUT2D eigenvalue weighted by Crippen LogP contribution is 2.42. The molecule has 11 heteroatoms. The van der Waals surface area contributed by atoms with Crippen LogP contribution in [0.3, 0.4) is 0 Å². The van der Waals surface area contributed by atoms with E-state index in [1.807, 2.05) is 24.5 Å². The summed E-state index contributed by atoms with van der Waals surface area (Å²) in [6.45, 7) is 4.74. The zero-order valence-electron chi connectivity index (χ0n) is 20.4. The lowest BCUT2D eigenvalue weighted by molar-refractivity contribution is -0.0298. The summed E-state index contributed by atoms with van der Waals surface area (Å²) in [5.41, 5.74) is 2.77. The molecule has 1 aliphatic heterocycles. The van der Waals surface area contributed by atoms with Crippen molar-refractivity contribution in [2.75, 3.05) is 18.5 Å². The van der Waals surface area contributed by atoms with Gasteiger partial charge in [0, 0.05) is 23.9 Å². The maximum Gasteiger partial charge on any atom is 0.167 e. The summed E-state index contributed by atoms with van der Waals surface area (Å²) in [6.07, 6.45) is 7.56. The fraction of sp³-hybridized carbons (Fsp3) is 0.346. The summed E-state index contributed by atoms with van der Waals surface area (Å²) >= 11 is 6.34. The highest BCUT2D eigenvalue weighted by molar-refractivity contribution is 6.31. The molecule has 0 amide bonds. The molecule has 0 spiro atoms. The Kier molecular flexibility index (Phi) is 7.17. The number of nitriles is 1. The van der Waals surface area contributed by atoms with Crippen LogP contribution in [-0.2, 0) is 4.74 Å². The third-order valence-corrected chi connectivity index (χ3v) is 6.58. The topological polar surface area (TPSA) is 111 Å². The summed E-state index contributed by atoms with van der Waals surface area (Å²) in [6, 6.07) is 6.27. The minimum Gasteiger partial charge on any atom is -0.493 e. The van der Waals surface area contributed by atoms with Crippen LogP contribution in [0.25, 0.3) is 22.3 Å². The highest BCUT2D eigenvalue weighted by atomic mass is 35.5. The van der Waals surface area contributed by atoms with Crippen LogP contribution < -0.4 is 10.1 Å². The number of hydrogen-bond acceptors (Lipinski definition) is 8. The number of ether oxygens (including phenoxy) is 2.